The van der Waals surface area contributed by atoms with Gasteiger partial charge in [0.05, 0.1) is 0 Å². The number of benzene rings is 2. The number of fused-ring (bicyclic) bond motifs is 3. The van der Waals surface area contributed by atoms with E-state index in [9.17, 15) is 14.7 Å². The third-order valence-electron chi connectivity index (χ3n) is 5.11. The molecule has 4 rings (SSSR count). The van der Waals surface area contributed by atoms with E-state index in [0.29, 0.717) is 0 Å². The molecule has 1 aliphatic carbocycles. The highest BCUT2D eigenvalue weighted by atomic mass is 16.6. The van der Waals surface area contributed by atoms with Gasteiger partial charge in [0.1, 0.15) is 12.6 Å². The summed E-state index contributed by atoms with van der Waals surface area (Å²) in [5.41, 5.74) is 5.29. The van der Waals surface area contributed by atoms with E-state index >= 15 is 0 Å². The predicted octanol–water partition coefficient (Wildman–Crippen LogP) is 3.65. The lowest BCUT2D eigenvalue weighted by molar-refractivity contribution is -0.141. The normalized spacial score (nSPS) is 18.5. The van der Waals surface area contributed by atoms with Crippen LogP contribution in [0.5, 0.6) is 0 Å². The Balaban J connectivity index is 1.54. The van der Waals surface area contributed by atoms with E-state index in [-0.39, 0.29) is 25.5 Å². The van der Waals surface area contributed by atoms with Crippen molar-refractivity contribution in [2.45, 2.75) is 18.4 Å². The number of carboxylic acid groups (broad SMARTS) is 1. The van der Waals surface area contributed by atoms with E-state index in [1.807, 2.05) is 36.4 Å². The maximum atomic E-state index is 12.5. The second-order valence-corrected chi connectivity index (χ2v) is 6.74. The number of rotatable bonds is 3. The summed E-state index contributed by atoms with van der Waals surface area (Å²) in [7, 11) is 0. The number of likely N-dealkylation sites (tertiary alicyclic amines) is 1. The molecule has 1 saturated heterocycles. The molecule has 1 N–H and O–H groups in total. The number of carbonyl (C=O) groups is 2. The summed E-state index contributed by atoms with van der Waals surface area (Å²) in [5, 5.41) is 9.30. The third-order valence-corrected chi connectivity index (χ3v) is 5.11. The third kappa shape index (κ3) is 2.65. The molecule has 1 fully saturated rings. The fraction of sp³-hybridized carbons (Fsp3) is 0.238. The number of carbonyl (C=O) groups excluding carboxylic acids is 1. The van der Waals surface area contributed by atoms with Gasteiger partial charge >= 0.3 is 12.1 Å². The average molecular weight is 349 g/mol. The molecule has 0 saturated carbocycles. The molecule has 0 aromatic heterocycles. The smallest absolute Gasteiger partial charge is 0.410 e. The van der Waals surface area contributed by atoms with Gasteiger partial charge in [-0.25, -0.2) is 9.59 Å². The first-order valence-corrected chi connectivity index (χ1v) is 8.57. The maximum absolute atomic E-state index is 12.5. The molecule has 5 nitrogen and oxygen atoms in total. The Kier molecular flexibility index (Phi) is 3.99. The molecule has 2 aliphatic rings. The fourth-order valence-electron chi connectivity index (χ4n) is 3.89. The van der Waals surface area contributed by atoms with Gasteiger partial charge in [0.15, 0.2) is 0 Å². The quantitative estimate of drug-likeness (QED) is 0.859. The molecule has 1 aliphatic heterocycles. The van der Waals surface area contributed by atoms with E-state index in [0.717, 1.165) is 27.8 Å². The highest BCUT2D eigenvalue weighted by Crippen LogP contribution is 2.44. The fourth-order valence-corrected chi connectivity index (χ4v) is 3.89. The minimum atomic E-state index is -1.03. The SMILES string of the molecule is C=C1C[C@H](C(=O)O)N(C(=O)OCC2c3ccccc3-c3ccccc32)C1. The molecule has 2 aromatic carbocycles. The Bertz CT molecular complexity index is 859. The van der Waals surface area contributed by atoms with Crippen LogP contribution < -0.4 is 0 Å². The van der Waals surface area contributed by atoms with E-state index in [2.05, 4.69) is 18.7 Å². The van der Waals surface area contributed by atoms with Crippen LogP contribution in [0.4, 0.5) is 4.79 Å². The van der Waals surface area contributed by atoms with E-state index < -0.39 is 18.1 Å². The van der Waals surface area contributed by atoms with Gasteiger partial charge in [-0.1, -0.05) is 60.7 Å². The minimum absolute atomic E-state index is 0.0413. The van der Waals surface area contributed by atoms with Crippen molar-refractivity contribution in [2.24, 2.45) is 0 Å². The van der Waals surface area contributed by atoms with Crippen molar-refractivity contribution in [1.82, 2.24) is 4.90 Å². The highest BCUT2D eigenvalue weighted by molar-refractivity contribution is 5.82. The summed E-state index contributed by atoms with van der Waals surface area (Å²) in [4.78, 5) is 25.1. The summed E-state index contributed by atoms with van der Waals surface area (Å²) in [5.74, 6) is -1.07. The molecule has 132 valence electrons. The molecule has 26 heavy (non-hydrogen) atoms. The van der Waals surface area contributed by atoms with Crippen LogP contribution in [0.3, 0.4) is 0 Å². The molecule has 1 amide bonds. The molecule has 0 bridgehead atoms. The minimum Gasteiger partial charge on any atom is -0.480 e. The molecular weight excluding hydrogens is 330 g/mol. The second kappa shape index (κ2) is 6.33. The Morgan fingerprint density at radius 2 is 1.65 bits per heavy atom. The van der Waals surface area contributed by atoms with Crippen LogP contribution in [0.15, 0.2) is 60.7 Å². The number of aliphatic carboxylic acids is 1. The van der Waals surface area contributed by atoms with Crippen LogP contribution in [0, 0.1) is 0 Å². The largest absolute Gasteiger partial charge is 0.480 e. The average Bonchev–Trinajstić information content (AvgIpc) is 3.18. The van der Waals surface area contributed by atoms with Crippen LogP contribution in [-0.2, 0) is 9.53 Å². The van der Waals surface area contributed by atoms with Gasteiger partial charge in [-0.2, -0.15) is 0 Å². The topological polar surface area (TPSA) is 66.8 Å². The maximum Gasteiger partial charge on any atom is 0.410 e. The zero-order valence-corrected chi connectivity index (χ0v) is 14.2. The first kappa shape index (κ1) is 16.4. The molecule has 5 heteroatoms. The molecule has 1 heterocycles. The van der Waals surface area contributed by atoms with Crippen molar-refractivity contribution < 1.29 is 19.4 Å². The van der Waals surface area contributed by atoms with Gasteiger partial charge in [0.25, 0.3) is 0 Å². The van der Waals surface area contributed by atoms with Crippen LogP contribution >= 0.6 is 0 Å². The van der Waals surface area contributed by atoms with Gasteiger partial charge in [-0.05, 0) is 22.3 Å². The number of hydrogen-bond acceptors (Lipinski definition) is 3. The summed E-state index contributed by atoms with van der Waals surface area (Å²) in [6.45, 7) is 4.22. The number of carboxylic acids is 1. The lowest BCUT2D eigenvalue weighted by atomic mass is 9.98. The van der Waals surface area contributed by atoms with Gasteiger partial charge in [0.2, 0.25) is 0 Å². The van der Waals surface area contributed by atoms with Crippen molar-refractivity contribution in [3.63, 3.8) is 0 Å². The van der Waals surface area contributed by atoms with Crippen molar-refractivity contribution >= 4 is 12.1 Å². The van der Waals surface area contributed by atoms with Crippen molar-refractivity contribution in [3.8, 4) is 11.1 Å². The van der Waals surface area contributed by atoms with Crippen molar-refractivity contribution in [1.29, 1.82) is 0 Å². The van der Waals surface area contributed by atoms with Crippen LogP contribution in [-0.4, -0.2) is 41.3 Å². The zero-order chi connectivity index (χ0) is 18.3. The Hall–Kier alpha value is -3.08. The standard InChI is InChI=1S/C21H19NO4/c1-13-10-19(20(23)24)22(11-13)21(25)26-12-18-16-8-4-2-6-14(16)15-7-3-5-9-17(15)18/h2-9,18-19H,1,10-12H2,(H,23,24)/t19-/m1/s1. The molecule has 2 aromatic rings. The lowest BCUT2D eigenvalue weighted by Gasteiger charge is -2.22. The molecule has 0 unspecified atom stereocenters. The van der Waals surface area contributed by atoms with Crippen LogP contribution in [0.1, 0.15) is 23.5 Å². The highest BCUT2D eigenvalue weighted by Gasteiger charge is 2.38. The first-order valence-electron chi connectivity index (χ1n) is 8.57. The first-order chi connectivity index (χ1) is 12.6. The summed E-state index contributed by atoms with van der Waals surface area (Å²) in [6, 6.07) is 15.3. The van der Waals surface area contributed by atoms with Crippen LogP contribution in [0.2, 0.25) is 0 Å². The van der Waals surface area contributed by atoms with E-state index in [4.69, 9.17) is 4.74 Å². The Morgan fingerprint density at radius 1 is 1.08 bits per heavy atom. The number of hydrogen-bond donors (Lipinski definition) is 1. The van der Waals surface area contributed by atoms with Gasteiger partial charge in [-0.15, -0.1) is 0 Å². The number of nitrogens with zero attached hydrogens (tertiary/aromatic N) is 1. The molecule has 1 atom stereocenters. The number of ether oxygens (including phenoxy) is 1. The van der Waals surface area contributed by atoms with E-state index in [1.165, 1.54) is 4.90 Å². The summed E-state index contributed by atoms with van der Waals surface area (Å²) >= 11 is 0. The van der Waals surface area contributed by atoms with Crippen LogP contribution in [0.25, 0.3) is 11.1 Å². The summed E-state index contributed by atoms with van der Waals surface area (Å²) in [6.07, 6.45) is -0.322. The summed E-state index contributed by atoms with van der Waals surface area (Å²) < 4.78 is 5.53. The van der Waals surface area contributed by atoms with Gasteiger partial charge in [0, 0.05) is 18.9 Å². The molecule has 0 radical (unpaired) electrons. The number of amides is 1. The monoisotopic (exact) mass is 349 g/mol. The van der Waals surface area contributed by atoms with Crippen molar-refractivity contribution in [3.05, 3.63) is 71.8 Å². The predicted molar refractivity (Wildman–Crippen MR) is 97.0 cm³/mol. The van der Waals surface area contributed by atoms with Gasteiger partial charge < -0.3 is 9.84 Å². The molecular formula is C21H19NO4. The van der Waals surface area contributed by atoms with E-state index in [1.54, 1.807) is 0 Å². The Labute approximate surface area is 151 Å². The van der Waals surface area contributed by atoms with Crippen molar-refractivity contribution in [2.75, 3.05) is 13.2 Å². The van der Waals surface area contributed by atoms with Gasteiger partial charge in [-0.3, -0.25) is 4.90 Å². The molecule has 0 spiro atoms. The Morgan fingerprint density at radius 3 is 2.23 bits per heavy atom. The zero-order valence-electron chi connectivity index (χ0n) is 14.2. The lowest BCUT2D eigenvalue weighted by Crippen LogP contribution is -2.41. The second-order valence-electron chi connectivity index (χ2n) is 6.74.